The van der Waals surface area contributed by atoms with Crippen molar-refractivity contribution < 1.29 is 28.7 Å². The van der Waals surface area contributed by atoms with Crippen molar-refractivity contribution in [2.75, 3.05) is 11.9 Å². The second kappa shape index (κ2) is 9.97. The number of amides is 3. The van der Waals surface area contributed by atoms with Crippen molar-refractivity contribution in [2.24, 2.45) is 23.7 Å². The highest BCUT2D eigenvalue weighted by Crippen LogP contribution is 2.60. The summed E-state index contributed by atoms with van der Waals surface area (Å²) in [5.41, 5.74) is 0.506. The number of fused-ring (bicyclic) bond motifs is 5. The molecule has 3 fully saturated rings. The van der Waals surface area contributed by atoms with Crippen molar-refractivity contribution in [1.82, 2.24) is 4.90 Å². The Balaban J connectivity index is 1.13. The Morgan fingerprint density at radius 1 is 0.944 bits per heavy atom. The second-order valence-electron chi connectivity index (χ2n) is 9.32. The van der Waals surface area contributed by atoms with Gasteiger partial charge in [0.15, 0.2) is 6.61 Å². The average Bonchev–Trinajstić information content (AvgIpc) is 3.48. The van der Waals surface area contributed by atoms with Gasteiger partial charge in [-0.1, -0.05) is 50.1 Å². The smallest absolute Gasteiger partial charge is 0.329 e. The Labute approximate surface area is 224 Å². The van der Waals surface area contributed by atoms with Crippen LogP contribution in [0.15, 0.2) is 54.6 Å². The summed E-state index contributed by atoms with van der Waals surface area (Å²) in [6.45, 7) is 0.925. The zero-order valence-corrected chi connectivity index (χ0v) is 22.5. The quantitative estimate of drug-likeness (QED) is 0.284. The molecule has 0 spiro atoms. The molecule has 2 aromatic rings. The van der Waals surface area contributed by atoms with Crippen LogP contribution in [-0.4, -0.2) is 50.9 Å². The first-order valence-electron chi connectivity index (χ1n) is 11.7. The van der Waals surface area contributed by atoms with Gasteiger partial charge in [0.25, 0.3) is 5.91 Å². The Kier molecular flexibility index (Phi) is 6.91. The molecule has 36 heavy (non-hydrogen) atoms. The summed E-state index contributed by atoms with van der Waals surface area (Å²) >= 11 is 7.29. The predicted octanol–water partition coefficient (Wildman–Crippen LogP) is 4.13. The molecule has 7 atom stereocenters. The van der Waals surface area contributed by atoms with Gasteiger partial charge in [-0.15, -0.1) is 0 Å². The van der Waals surface area contributed by atoms with Crippen LogP contribution in [0.4, 0.5) is 5.69 Å². The van der Waals surface area contributed by atoms with Gasteiger partial charge in [0.2, 0.25) is 11.8 Å². The van der Waals surface area contributed by atoms with Gasteiger partial charge in [-0.05, 0) is 61.6 Å². The van der Waals surface area contributed by atoms with Crippen LogP contribution in [0.5, 0.6) is 11.5 Å². The number of imide groups is 1. The standard InChI is InChI=1S/C26H24Br2N2O6/c1-13(30-24(32)20-17-11-18(21(20)25(30)33)23(28)22(17)27)26(34)35-12-19(31)29-14-7-9-16(10-8-14)36-15-5-3-2-4-6-15/h2-10,13,17-18,20-23H,11-12H2,1H3,(H,29,31)/t13-,17-,18-,20-,21+,22+,23+/m1/s1. The first-order chi connectivity index (χ1) is 17.3. The Morgan fingerprint density at radius 3 is 2.08 bits per heavy atom. The summed E-state index contributed by atoms with van der Waals surface area (Å²) in [4.78, 5) is 52.4. The molecule has 1 saturated heterocycles. The highest BCUT2D eigenvalue weighted by molar-refractivity contribution is 9.12. The van der Waals surface area contributed by atoms with E-state index >= 15 is 0 Å². The van der Waals surface area contributed by atoms with E-state index in [-0.39, 0.29) is 33.3 Å². The lowest BCUT2D eigenvalue weighted by atomic mass is 9.81. The number of anilines is 1. The molecule has 2 bridgehead atoms. The fraction of sp³-hybridized carbons (Fsp3) is 0.385. The molecule has 1 N–H and O–H groups in total. The molecule has 3 aliphatic rings. The number of ether oxygens (including phenoxy) is 2. The molecule has 0 unspecified atom stereocenters. The minimum Gasteiger partial charge on any atom is -0.457 e. The maximum atomic E-state index is 13.1. The van der Waals surface area contributed by atoms with Crippen molar-refractivity contribution in [1.29, 1.82) is 0 Å². The second-order valence-corrected chi connectivity index (χ2v) is 11.4. The van der Waals surface area contributed by atoms with Crippen LogP contribution in [0.2, 0.25) is 0 Å². The van der Waals surface area contributed by atoms with Crippen LogP contribution in [-0.2, 0) is 23.9 Å². The van der Waals surface area contributed by atoms with E-state index < -0.39 is 36.4 Å². The van der Waals surface area contributed by atoms with Gasteiger partial charge in [-0.25, -0.2) is 4.79 Å². The molecule has 1 heterocycles. The molecule has 3 amide bonds. The fourth-order valence-corrected chi connectivity index (χ4v) is 7.42. The highest BCUT2D eigenvalue weighted by atomic mass is 79.9. The van der Waals surface area contributed by atoms with E-state index in [1.165, 1.54) is 6.92 Å². The number of nitrogens with zero attached hydrogens (tertiary/aromatic N) is 1. The summed E-state index contributed by atoms with van der Waals surface area (Å²) in [5.74, 6) is -1.38. The largest absolute Gasteiger partial charge is 0.457 e. The summed E-state index contributed by atoms with van der Waals surface area (Å²) in [6, 6.07) is 15.0. The average molecular weight is 620 g/mol. The predicted molar refractivity (Wildman–Crippen MR) is 138 cm³/mol. The Hall–Kier alpha value is -2.72. The van der Waals surface area contributed by atoms with Crippen LogP contribution in [0.25, 0.3) is 0 Å². The zero-order chi connectivity index (χ0) is 25.6. The Bertz CT molecular complexity index is 1160. The lowest BCUT2D eigenvalue weighted by Gasteiger charge is -2.28. The monoisotopic (exact) mass is 618 g/mol. The topological polar surface area (TPSA) is 102 Å². The van der Waals surface area contributed by atoms with Gasteiger partial charge in [0.05, 0.1) is 11.8 Å². The van der Waals surface area contributed by atoms with Crippen LogP contribution >= 0.6 is 31.9 Å². The molecule has 10 heteroatoms. The fourth-order valence-electron chi connectivity index (χ4n) is 5.54. The van der Waals surface area contributed by atoms with Crippen molar-refractivity contribution in [3.63, 3.8) is 0 Å². The van der Waals surface area contributed by atoms with Crippen LogP contribution in [0.3, 0.4) is 0 Å². The number of carbonyl (C=O) groups excluding carboxylic acids is 4. The van der Waals surface area contributed by atoms with Crippen molar-refractivity contribution in [3.8, 4) is 11.5 Å². The van der Waals surface area contributed by atoms with Crippen molar-refractivity contribution in [3.05, 3.63) is 54.6 Å². The van der Waals surface area contributed by atoms with Gasteiger partial charge in [0, 0.05) is 15.3 Å². The van der Waals surface area contributed by atoms with Gasteiger partial charge < -0.3 is 14.8 Å². The summed E-state index contributed by atoms with van der Waals surface area (Å²) in [6.07, 6.45) is 0.810. The van der Waals surface area contributed by atoms with E-state index in [4.69, 9.17) is 9.47 Å². The molecule has 2 aliphatic carbocycles. The number of hydrogen-bond acceptors (Lipinski definition) is 6. The van der Waals surface area contributed by atoms with Gasteiger partial charge in [0.1, 0.15) is 17.5 Å². The summed E-state index contributed by atoms with van der Waals surface area (Å²) < 4.78 is 10.9. The molecular weight excluding hydrogens is 596 g/mol. The third-order valence-corrected chi connectivity index (χ3v) is 10.4. The van der Waals surface area contributed by atoms with E-state index in [9.17, 15) is 19.2 Å². The lowest BCUT2D eigenvalue weighted by Crippen LogP contribution is -2.45. The molecule has 0 aromatic heterocycles. The molecule has 8 nitrogen and oxygen atoms in total. The van der Waals surface area contributed by atoms with Crippen LogP contribution in [0, 0.1) is 23.7 Å². The molecular formula is C26H24Br2N2O6. The Morgan fingerprint density at radius 2 is 1.50 bits per heavy atom. The number of esters is 1. The number of alkyl halides is 2. The number of para-hydroxylation sites is 1. The van der Waals surface area contributed by atoms with Crippen molar-refractivity contribution in [2.45, 2.75) is 29.0 Å². The van der Waals surface area contributed by atoms with E-state index in [1.54, 1.807) is 24.3 Å². The number of carbonyl (C=O) groups is 4. The maximum Gasteiger partial charge on any atom is 0.329 e. The minimum absolute atomic E-state index is 0.0595. The minimum atomic E-state index is -1.10. The number of likely N-dealkylation sites (tertiary alicyclic amines) is 1. The zero-order valence-electron chi connectivity index (χ0n) is 19.3. The normalized spacial score (nSPS) is 29.1. The number of halogens is 2. The molecule has 2 aromatic carbocycles. The summed E-state index contributed by atoms with van der Waals surface area (Å²) in [5, 5.41) is 2.65. The molecule has 2 saturated carbocycles. The van der Waals surface area contributed by atoms with E-state index in [0.29, 0.717) is 17.2 Å². The lowest BCUT2D eigenvalue weighted by molar-refractivity contribution is -0.159. The van der Waals surface area contributed by atoms with E-state index in [0.717, 1.165) is 11.3 Å². The summed E-state index contributed by atoms with van der Waals surface area (Å²) in [7, 11) is 0. The first-order valence-corrected chi connectivity index (χ1v) is 13.5. The highest BCUT2D eigenvalue weighted by Gasteiger charge is 2.67. The number of benzene rings is 2. The molecule has 0 radical (unpaired) electrons. The first kappa shape index (κ1) is 25.0. The number of hydrogen-bond donors (Lipinski definition) is 1. The van der Waals surface area contributed by atoms with Crippen LogP contribution < -0.4 is 10.1 Å². The number of nitrogens with one attached hydrogen (secondary N) is 1. The maximum absolute atomic E-state index is 13.1. The van der Waals surface area contributed by atoms with Gasteiger partial charge in [-0.3, -0.25) is 19.3 Å². The third kappa shape index (κ3) is 4.45. The van der Waals surface area contributed by atoms with Gasteiger partial charge in [-0.2, -0.15) is 0 Å². The van der Waals surface area contributed by atoms with E-state index in [1.807, 2.05) is 30.3 Å². The molecule has 1 aliphatic heterocycles. The molecule has 5 rings (SSSR count). The third-order valence-electron chi connectivity index (χ3n) is 7.21. The van der Waals surface area contributed by atoms with Crippen molar-refractivity contribution >= 4 is 61.2 Å². The van der Waals surface area contributed by atoms with Gasteiger partial charge >= 0.3 is 5.97 Å². The van der Waals surface area contributed by atoms with E-state index in [2.05, 4.69) is 37.2 Å². The SMILES string of the molecule is C[C@H](C(=O)OCC(=O)Nc1ccc(Oc2ccccc2)cc1)N1C(=O)[C@@H]2[C@H]3C[C@@H]([C@H](Br)[C@H]3Br)[C@@H]2C1=O. The van der Waals surface area contributed by atoms with Crippen LogP contribution in [0.1, 0.15) is 13.3 Å². The molecule has 188 valence electrons. The number of rotatable bonds is 7.